The Hall–Kier alpha value is -1.93. The number of piperidine rings is 3. The van der Waals surface area contributed by atoms with E-state index < -0.39 is 0 Å². The second kappa shape index (κ2) is 6.18. The summed E-state index contributed by atoms with van der Waals surface area (Å²) in [5, 5.41) is 8.86. The predicted octanol–water partition coefficient (Wildman–Crippen LogP) is 2.53. The largest absolute Gasteiger partial charge is 0.339 e. The molecule has 5 heteroatoms. The third-order valence-corrected chi connectivity index (χ3v) is 5.83. The van der Waals surface area contributed by atoms with Crippen molar-refractivity contribution in [3.05, 3.63) is 35.1 Å². The van der Waals surface area contributed by atoms with Crippen molar-refractivity contribution in [2.75, 3.05) is 19.6 Å². The van der Waals surface area contributed by atoms with Crippen LogP contribution in [0.2, 0.25) is 0 Å². The average molecular weight is 327 g/mol. The van der Waals surface area contributed by atoms with Crippen LogP contribution >= 0.6 is 0 Å². The molecule has 3 heterocycles. The number of carbonyl (C=O) groups is 1. The zero-order valence-corrected chi connectivity index (χ0v) is 13.7. The van der Waals surface area contributed by atoms with Crippen molar-refractivity contribution in [1.29, 1.82) is 5.26 Å². The normalized spacial score (nSPS) is 29.9. The zero-order valence-electron chi connectivity index (χ0n) is 13.7. The van der Waals surface area contributed by atoms with Gasteiger partial charge in [0.15, 0.2) is 0 Å². The number of hydrogen-bond acceptors (Lipinski definition) is 3. The Morgan fingerprint density at radius 1 is 1.29 bits per heavy atom. The van der Waals surface area contributed by atoms with Gasteiger partial charge >= 0.3 is 0 Å². The fourth-order valence-electron chi connectivity index (χ4n) is 4.83. The monoisotopic (exact) mass is 327 g/mol. The van der Waals surface area contributed by atoms with Crippen molar-refractivity contribution in [3.63, 3.8) is 0 Å². The number of amides is 1. The van der Waals surface area contributed by atoms with E-state index in [0.717, 1.165) is 32.5 Å². The topological polar surface area (TPSA) is 47.3 Å². The van der Waals surface area contributed by atoms with Gasteiger partial charge in [-0.3, -0.25) is 9.69 Å². The van der Waals surface area contributed by atoms with Crippen LogP contribution < -0.4 is 0 Å². The highest BCUT2D eigenvalue weighted by atomic mass is 19.1. The van der Waals surface area contributed by atoms with Gasteiger partial charge in [0.25, 0.3) is 0 Å². The van der Waals surface area contributed by atoms with Crippen molar-refractivity contribution in [1.82, 2.24) is 9.80 Å². The van der Waals surface area contributed by atoms with E-state index in [0.29, 0.717) is 47.9 Å². The lowest BCUT2D eigenvalue weighted by molar-refractivity contribution is -0.145. The van der Waals surface area contributed by atoms with Crippen LogP contribution in [0.4, 0.5) is 4.39 Å². The Bertz CT molecular complexity index is 698. The molecule has 0 unspecified atom stereocenters. The minimum absolute atomic E-state index is 0.292. The first-order valence-corrected chi connectivity index (χ1v) is 8.84. The Balaban J connectivity index is 1.48. The number of halogens is 1. The van der Waals surface area contributed by atoms with Gasteiger partial charge < -0.3 is 4.90 Å². The Kier molecular flexibility index (Phi) is 4.01. The van der Waals surface area contributed by atoms with Crippen LogP contribution in [0.15, 0.2) is 18.2 Å². The van der Waals surface area contributed by atoms with Crippen molar-refractivity contribution >= 4 is 5.91 Å². The van der Waals surface area contributed by atoms with Crippen LogP contribution in [0.25, 0.3) is 0 Å². The van der Waals surface area contributed by atoms with Gasteiger partial charge in [-0.2, -0.15) is 5.26 Å². The van der Waals surface area contributed by atoms with E-state index in [1.165, 1.54) is 12.5 Å². The second-order valence-corrected chi connectivity index (χ2v) is 7.48. The Morgan fingerprint density at radius 3 is 2.96 bits per heavy atom. The molecule has 0 spiro atoms. The van der Waals surface area contributed by atoms with Crippen molar-refractivity contribution in [2.45, 2.75) is 38.3 Å². The maximum atomic E-state index is 14.2. The van der Waals surface area contributed by atoms with Gasteiger partial charge in [0.05, 0.1) is 11.6 Å². The highest BCUT2D eigenvalue weighted by Gasteiger charge is 2.43. The maximum Gasteiger partial charge on any atom is 0.222 e. The number of benzene rings is 1. The molecule has 4 rings (SSSR count). The molecule has 3 saturated heterocycles. The number of nitriles is 1. The SMILES string of the molecule is N#Cc1ccc(CN2C[C@@H]3C[C@@H](C2)[C@@H]2CCCC(=O)N2C3)c(F)c1. The summed E-state index contributed by atoms with van der Waals surface area (Å²) in [4.78, 5) is 16.6. The fraction of sp³-hybridized carbons (Fsp3) is 0.579. The highest BCUT2D eigenvalue weighted by Crippen LogP contribution is 2.38. The molecule has 0 radical (unpaired) electrons. The lowest BCUT2D eigenvalue weighted by Gasteiger charge is -2.52. The molecule has 0 aromatic heterocycles. The third-order valence-electron chi connectivity index (χ3n) is 5.83. The smallest absolute Gasteiger partial charge is 0.222 e. The second-order valence-electron chi connectivity index (χ2n) is 7.48. The maximum absolute atomic E-state index is 14.2. The molecule has 0 aliphatic carbocycles. The van der Waals surface area contributed by atoms with Crippen molar-refractivity contribution in [2.24, 2.45) is 11.8 Å². The number of nitrogens with zero attached hydrogens (tertiary/aromatic N) is 3. The minimum Gasteiger partial charge on any atom is -0.339 e. The molecular weight excluding hydrogens is 305 g/mol. The molecule has 3 aliphatic heterocycles. The predicted molar refractivity (Wildman–Crippen MR) is 87.3 cm³/mol. The molecule has 0 N–H and O–H groups in total. The Labute approximate surface area is 141 Å². The average Bonchev–Trinajstić information content (AvgIpc) is 2.58. The first kappa shape index (κ1) is 15.6. The van der Waals surface area contributed by atoms with Gasteiger partial charge in [-0.25, -0.2) is 4.39 Å². The number of rotatable bonds is 2. The van der Waals surface area contributed by atoms with Gasteiger partial charge in [0.1, 0.15) is 5.82 Å². The molecule has 1 aromatic carbocycles. The van der Waals surface area contributed by atoms with Crippen LogP contribution in [0, 0.1) is 29.0 Å². The van der Waals surface area contributed by atoms with E-state index in [-0.39, 0.29) is 5.82 Å². The molecule has 2 bridgehead atoms. The summed E-state index contributed by atoms with van der Waals surface area (Å²) in [7, 11) is 0. The lowest BCUT2D eigenvalue weighted by Crippen LogP contribution is -2.60. The van der Waals surface area contributed by atoms with Gasteiger partial charge in [0.2, 0.25) is 5.91 Å². The summed E-state index contributed by atoms with van der Waals surface area (Å²) in [6, 6.07) is 7.10. The van der Waals surface area contributed by atoms with E-state index in [1.807, 2.05) is 6.07 Å². The minimum atomic E-state index is -0.292. The molecule has 3 aliphatic rings. The lowest BCUT2D eigenvalue weighted by atomic mass is 9.76. The third kappa shape index (κ3) is 2.80. The summed E-state index contributed by atoms with van der Waals surface area (Å²) in [5.41, 5.74) is 1.02. The Morgan fingerprint density at radius 2 is 2.17 bits per heavy atom. The summed E-state index contributed by atoms with van der Waals surface area (Å²) in [5.74, 6) is 1.05. The zero-order chi connectivity index (χ0) is 16.7. The molecule has 3 fully saturated rings. The molecule has 0 saturated carbocycles. The summed E-state index contributed by atoms with van der Waals surface area (Å²) >= 11 is 0. The number of hydrogen-bond donors (Lipinski definition) is 0. The van der Waals surface area contributed by atoms with E-state index in [1.54, 1.807) is 12.1 Å². The van der Waals surface area contributed by atoms with E-state index in [9.17, 15) is 9.18 Å². The molecule has 1 aromatic rings. The fourth-order valence-corrected chi connectivity index (χ4v) is 4.83. The van der Waals surface area contributed by atoms with Crippen molar-refractivity contribution in [3.8, 4) is 6.07 Å². The van der Waals surface area contributed by atoms with Gasteiger partial charge in [-0.1, -0.05) is 6.07 Å². The first-order chi connectivity index (χ1) is 11.6. The highest BCUT2D eigenvalue weighted by molar-refractivity contribution is 5.77. The van der Waals surface area contributed by atoms with E-state index in [4.69, 9.17) is 5.26 Å². The number of fused-ring (bicyclic) bond motifs is 4. The number of carbonyl (C=O) groups excluding carboxylic acids is 1. The molecule has 3 atom stereocenters. The van der Waals surface area contributed by atoms with Crippen LogP contribution in [0.1, 0.15) is 36.8 Å². The molecule has 1 amide bonds. The number of likely N-dealkylation sites (tertiary alicyclic amines) is 1. The quantitative estimate of drug-likeness (QED) is 0.839. The van der Waals surface area contributed by atoms with Gasteiger partial charge in [-0.15, -0.1) is 0 Å². The van der Waals surface area contributed by atoms with Gasteiger partial charge in [0, 0.05) is 44.2 Å². The van der Waals surface area contributed by atoms with E-state index >= 15 is 0 Å². The van der Waals surface area contributed by atoms with E-state index in [2.05, 4.69) is 9.80 Å². The van der Waals surface area contributed by atoms with Crippen LogP contribution in [-0.2, 0) is 11.3 Å². The summed E-state index contributed by atoms with van der Waals surface area (Å²) in [6.07, 6.45) is 4.02. The molecular formula is C19H22FN3O. The van der Waals surface area contributed by atoms with Crippen LogP contribution in [0.5, 0.6) is 0 Å². The molecule has 126 valence electrons. The van der Waals surface area contributed by atoms with Gasteiger partial charge in [-0.05, 0) is 43.2 Å². The standard InChI is InChI=1S/C19H22FN3O/c20-17-7-13(8-21)4-5-15(17)11-22-9-14-6-16(12-22)18-2-1-3-19(24)23(18)10-14/h4-5,7,14,16,18H,1-3,6,9-12H2/t14-,16-,18-/m0/s1. The summed E-state index contributed by atoms with van der Waals surface area (Å²) < 4.78 is 14.2. The molecule has 4 nitrogen and oxygen atoms in total. The first-order valence-electron chi connectivity index (χ1n) is 8.84. The van der Waals surface area contributed by atoms with Crippen LogP contribution in [0.3, 0.4) is 0 Å². The summed E-state index contributed by atoms with van der Waals surface area (Å²) in [6.45, 7) is 3.31. The van der Waals surface area contributed by atoms with Crippen molar-refractivity contribution < 1.29 is 9.18 Å². The van der Waals surface area contributed by atoms with Crippen LogP contribution in [-0.4, -0.2) is 41.4 Å². The molecule has 24 heavy (non-hydrogen) atoms.